The van der Waals surface area contributed by atoms with Crippen LogP contribution < -0.4 is 5.32 Å². The maximum atomic E-state index is 12.3. The Kier molecular flexibility index (Phi) is 4.69. The van der Waals surface area contributed by atoms with Crippen LogP contribution in [0.3, 0.4) is 0 Å². The molecule has 26 heavy (non-hydrogen) atoms. The first kappa shape index (κ1) is 16.8. The summed E-state index contributed by atoms with van der Waals surface area (Å²) in [6, 6.07) is 14.4. The third-order valence-electron chi connectivity index (χ3n) is 5.39. The predicted molar refractivity (Wildman–Crippen MR) is 102 cm³/mol. The summed E-state index contributed by atoms with van der Waals surface area (Å²) in [6.45, 7) is 0.766. The van der Waals surface area contributed by atoms with Gasteiger partial charge in [-0.3, -0.25) is 4.79 Å². The summed E-state index contributed by atoms with van der Waals surface area (Å²) in [6.07, 6.45) is 7.46. The Morgan fingerprint density at radius 3 is 2.73 bits per heavy atom. The molecule has 0 spiro atoms. The minimum Gasteiger partial charge on any atom is -0.356 e. The smallest absolute Gasteiger partial charge is 0.220 e. The van der Waals surface area contributed by atoms with Gasteiger partial charge in [-0.25, -0.2) is 9.97 Å². The summed E-state index contributed by atoms with van der Waals surface area (Å²) in [5.74, 6) is 0.911. The van der Waals surface area contributed by atoms with Crippen LogP contribution in [0.5, 0.6) is 0 Å². The number of carbonyl (C=O) groups excluding carboxylic acids is 1. The minimum atomic E-state index is 0.0951. The average molecular weight is 348 g/mol. The molecule has 1 aromatic carbocycles. The molecule has 0 saturated heterocycles. The van der Waals surface area contributed by atoms with Crippen LogP contribution in [0.15, 0.2) is 48.7 Å². The summed E-state index contributed by atoms with van der Waals surface area (Å²) in [5, 5.41) is 3.15. The largest absolute Gasteiger partial charge is 0.356 e. The van der Waals surface area contributed by atoms with Gasteiger partial charge >= 0.3 is 0 Å². The van der Waals surface area contributed by atoms with Crippen molar-refractivity contribution >= 4 is 17.1 Å². The molecule has 1 aliphatic rings. The molecule has 0 bridgehead atoms. The van der Waals surface area contributed by atoms with Gasteiger partial charge in [0.1, 0.15) is 5.82 Å². The van der Waals surface area contributed by atoms with Crippen LogP contribution >= 0.6 is 0 Å². The highest BCUT2D eigenvalue weighted by Crippen LogP contribution is 2.43. The number of rotatable bonds is 7. The van der Waals surface area contributed by atoms with E-state index in [2.05, 4.69) is 44.5 Å². The van der Waals surface area contributed by atoms with Crippen LogP contribution in [0.2, 0.25) is 0 Å². The van der Waals surface area contributed by atoms with E-state index in [1.165, 1.54) is 24.8 Å². The molecule has 1 amide bonds. The molecule has 5 heteroatoms. The zero-order valence-electron chi connectivity index (χ0n) is 14.9. The lowest BCUT2D eigenvalue weighted by Gasteiger charge is -2.42. The number of hydrogen-bond donors (Lipinski definition) is 2. The number of aromatic amines is 1. The van der Waals surface area contributed by atoms with Crippen LogP contribution in [-0.2, 0) is 17.6 Å². The molecular weight excluding hydrogens is 324 g/mol. The van der Waals surface area contributed by atoms with Crippen molar-refractivity contribution in [3.8, 4) is 0 Å². The van der Waals surface area contributed by atoms with Crippen molar-refractivity contribution in [2.75, 3.05) is 6.54 Å². The van der Waals surface area contributed by atoms with Crippen molar-refractivity contribution in [2.24, 2.45) is 5.41 Å². The van der Waals surface area contributed by atoms with E-state index in [1.807, 2.05) is 18.2 Å². The zero-order valence-corrected chi connectivity index (χ0v) is 14.9. The lowest BCUT2D eigenvalue weighted by Crippen LogP contribution is -2.43. The normalized spacial score (nSPS) is 15.5. The number of aromatic nitrogens is 3. The number of fused-ring (bicyclic) bond motifs is 1. The lowest BCUT2D eigenvalue weighted by molar-refractivity contribution is -0.122. The highest BCUT2D eigenvalue weighted by atomic mass is 16.1. The second-order valence-corrected chi connectivity index (χ2v) is 7.35. The Morgan fingerprint density at radius 2 is 2.00 bits per heavy atom. The lowest BCUT2D eigenvalue weighted by atomic mass is 9.65. The Hall–Kier alpha value is -2.69. The van der Waals surface area contributed by atoms with E-state index < -0.39 is 0 Å². The Balaban J connectivity index is 1.29. The van der Waals surface area contributed by atoms with Gasteiger partial charge in [0, 0.05) is 25.6 Å². The van der Waals surface area contributed by atoms with E-state index in [9.17, 15) is 4.79 Å². The number of H-pyrrole nitrogens is 1. The molecule has 0 aliphatic heterocycles. The van der Waals surface area contributed by atoms with Crippen LogP contribution in [0.4, 0.5) is 0 Å². The van der Waals surface area contributed by atoms with Gasteiger partial charge < -0.3 is 10.3 Å². The molecule has 0 atom stereocenters. The highest BCUT2D eigenvalue weighted by Gasteiger charge is 2.37. The van der Waals surface area contributed by atoms with Crippen molar-refractivity contribution in [3.63, 3.8) is 0 Å². The van der Waals surface area contributed by atoms with Crippen LogP contribution in [0, 0.1) is 5.41 Å². The Bertz CT molecular complexity index is 850. The van der Waals surface area contributed by atoms with E-state index in [-0.39, 0.29) is 11.3 Å². The fourth-order valence-electron chi connectivity index (χ4n) is 3.74. The summed E-state index contributed by atoms with van der Waals surface area (Å²) >= 11 is 0. The van der Waals surface area contributed by atoms with Crippen LogP contribution in [0.1, 0.15) is 37.1 Å². The average Bonchev–Trinajstić information content (AvgIpc) is 3.06. The molecule has 2 N–H and O–H groups in total. The van der Waals surface area contributed by atoms with E-state index in [0.717, 1.165) is 24.3 Å². The maximum absolute atomic E-state index is 12.3. The van der Waals surface area contributed by atoms with Gasteiger partial charge in [0.25, 0.3) is 0 Å². The van der Waals surface area contributed by atoms with Gasteiger partial charge in [0.2, 0.25) is 5.91 Å². The quantitative estimate of drug-likeness (QED) is 0.687. The number of benzene rings is 1. The first-order chi connectivity index (χ1) is 12.7. The van der Waals surface area contributed by atoms with Crippen molar-refractivity contribution in [1.82, 2.24) is 20.3 Å². The summed E-state index contributed by atoms with van der Waals surface area (Å²) in [4.78, 5) is 24.2. The van der Waals surface area contributed by atoms with Crippen molar-refractivity contribution in [3.05, 3.63) is 60.0 Å². The van der Waals surface area contributed by atoms with E-state index in [4.69, 9.17) is 0 Å². The molecule has 1 aliphatic carbocycles. The summed E-state index contributed by atoms with van der Waals surface area (Å²) < 4.78 is 0. The number of hydrogen-bond acceptors (Lipinski definition) is 3. The van der Waals surface area contributed by atoms with Crippen LogP contribution in [-0.4, -0.2) is 27.4 Å². The molecule has 3 aromatic rings. The van der Waals surface area contributed by atoms with Gasteiger partial charge in [-0.05, 0) is 42.4 Å². The molecule has 2 heterocycles. The second-order valence-electron chi connectivity index (χ2n) is 7.35. The summed E-state index contributed by atoms with van der Waals surface area (Å²) in [7, 11) is 0. The minimum absolute atomic E-state index is 0.0951. The number of nitrogens with one attached hydrogen (secondary N) is 2. The molecule has 0 radical (unpaired) electrons. The van der Waals surface area contributed by atoms with Gasteiger partial charge in [-0.1, -0.05) is 36.8 Å². The van der Waals surface area contributed by atoms with Crippen molar-refractivity contribution in [1.29, 1.82) is 0 Å². The van der Waals surface area contributed by atoms with Gasteiger partial charge in [-0.2, -0.15) is 0 Å². The fraction of sp³-hybridized carbons (Fsp3) is 0.381. The summed E-state index contributed by atoms with van der Waals surface area (Å²) in [5.41, 5.74) is 3.22. The van der Waals surface area contributed by atoms with Crippen molar-refractivity contribution in [2.45, 2.75) is 38.5 Å². The second kappa shape index (κ2) is 7.28. The highest BCUT2D eigenvalue weighted by molar-refractivity contribution is 5.76. The molecule has 134 valence electrons. The standard InChI is InChI=1S/C21H24N4O/c26-19(10-9-18-24-17-8-4-13-22-20(17)25-18)23-15-21(11-5-12-21)14-16-6-2-1-3-7-16/h1-4,6-8,13H,5,9-12,14-15H2,(H,23,26)(H,22,24,25). The Morgan fingerprint density at radius 1 is 1.15 bits per heavy atom. The van der Waals surface area contributed by atoms with Crippen LogP contribution in [0.25, 0.3) is 11.2 Å². The molecular formula is C21H24N4O. The van der Waals surface area contributed by atoms with Gasteiger partial charge in [0.15, 0.2) is 5.65 Å². The SMILES string of the molecule is O=C(CCc1nc2ncccc2[nH]1)NCC1(Cc2ccccc2)CCC1. The van der Waals surface area contributed by atoms with Gasteiger partial charge in [-0.15, -0.1) is 0 Å². The molecule has 4 rings (SSSR count). The predicted octanol–water partition coefficient (Wildman–Crippen LogP) is 3.42. The molecule has 5 nitrogen and oxygen atoms in total. The first-order valence-corrected chi connectivity index (χ1v) is 9.33. The van der Waals surface area contributed by atoms with Crippen molar-refractivity contribution < 1.29 is 4.79 Å². The number of amides is 1. The molecule has 1 saturated carbocycles. The monoisotopic (exact) mass is 348 g/mol. The Labute approximate surface area is 153 Å². The number of pyridine rings is 1. The molecule has 0 unspecified atom stereocenters. The zero-order chi connectivity index (χ0) is 17.8. The molecule has 1 fully saturated rings. The number of aryl methyl sites for hydroxylation is 1. The fourth-order valence-corrected chi connectivity index (χ4v) is 3.74. The molecule has 2 aromatic heterocycles. The third kappa shape index (κ3) is 3.77. The van der Waals surface area contributed by atoms with E-state index in [0.29, 0.717) is 18.5 Å². The van der Waals surface area contributed by atoms with Gasteiger partial charge in [0.05, 0.1) is 5.52 Å². The maximum Gasteiger partial charge on any atom is 0.220 e. The topological polar surface area (TPSA) is 70.7 Å². The third-order valence-corrected chi connectivity index (χ3v) is 5.39. The van der Waals surface area contributed by atoms with E-state index in [1.54, 1.807) is 6.20 Å². The number of carbonyl (C=O) groups is 1. The first-order valence-electron chi connectivity index (χ1n) is 9.33. The number of imidazole rings is 1. The van der Waals surface area contributed by atoms with E-state index >= 15 is 0 Å². The number of nitrogens with zero attached hydrogens (tertiary/aromatic N) is 2.